The average molecular weight is 643 g/mol. The van der Waals surface area contributed by atoms with Gasteiger partial charge in [-0.1, -0.05) is 18.2 Å². The highest BCUT2D eigenvalue weighted by Crippen LogP contribution is 2.46. The van der Waals surface area contributed by atoms with Crippen molar-refractivity contribution >= 4 is 64.9 Å². The second kappa shape index (κ2) is 10.8. The number of hydrogen-bond donors (Lipinski definition) is 3. The average Bonchev–Trinajstić information content (AvgIpc) is 3.32. The number of nitrogens with zero attached hydrogens (tertiary/aromatic N) is 2. The van der Waals surface area contributed by atoms with E-state index in [1.165, 1.54) is 5.56 Å². The number of carbonyl (C=O) groups excluding carboxylic acids is 1. The summed E-state index contributed by atoms with van der Waals surface area (Å²) in [6.07, 6.45) is 0.875. The van der Waals surface area contributed by atoms with Crippen LogP contribution in [-0.4, -0.2) is 28.5 Å². The first-order valence-electron chi connectivity index (χ1n) is 11.5. The summed E-state index contributed by atoms with van der Waals surface area (Å²) < 4.78 is 2.18. The van der Waals surface area contributed by atoms with Crippen LogP contribution in [0.4, 0.5) is 11.4 Å². The lowest BCUT2D eigenvalue weighted by Gasteiger charge is -2.23. The molecule has 0 saturated carbocycles. The molecule has 0 atom stereocenters. The quantitative estimate of drug-likeness (QED) is 0.162. The van der Waals surface area contributed by atoms with E-state index in [0.29, 0.717) is 34.6 Å². The zero-order valence-electron chi connectivity index (χ0n) is 19.8. The number of pyridine rings is 1. The molecule has 4 aromatic rings. The monoisotopic (exact) mass is 642 g/mol. The van der Waals surface area contributed by atoms with Gasteiger partial charge in [0, 0.05) is 76.4 Å². The summed E-state index contributed by atoms with van der Waals surface area (Å²) >= 11 is 3.91. The van der Waals surface area contributed by atoms with E-state index in [9.17, 15) is 14.7 Å². The number of nitrogens with one attached hydrogen (secondary N) is 1. The number of hydrogen-bond acceptors (Lipinski definition) is 7. The number of amides is 1. The van der Waals surface area contributed by atoms with Gasteiger partial charge in [0.15, 0.2) is 5.69 Å². The number of aromatic carboxylic acids is 1. The number of fused-ring (bicyclic) bond motifs is 3. The van der Waals surface area contributed by atoms with Gasteiger partial charge >= 0.3 is 5.97 Å². The minimum atomic E-state index is -1.14. The molecule has 7 nitrogen and oxygen atoms in total. The predicted octanol–water partition coefficient (Wildman–Crippen LogP) is 6.56. The van der Waals surface area contributed by atoms with Crippen LogP contribution in [0.3, 0.4) is 0 Å². The summed E-state index contributed by atoms with van der Waals surface area (Å²) in [5.41, 5.74) is 12.2. The molecule has 1 aliphatic heterocycles. The van der Waals surface area contributed by atoms with Crippen LogP contribution in [-0.2, 0) is 13.0 Å². The lowest BCUT2D eigenvalue weighted by molar-refractivity contribution is 0.0691. The van der Waals surface area contributed by atoms with Crippen LogP contribution in [0.15, 0.2) is 60.0 Å². The van der Waals surface area contributed by atoms with E-state index >= 15 is 0 Å². The van der Waals surface area contributed by atoms with Crippen LogP contribution < -0.4 is 15.4 Å². The minimum Gasteiger partial charge on any atom is -0.476 e. The van der Waals surface area contributed by atoms with E-state index in [0.717, 1.165) is 34.7 Å². The number of benzene rings is 2. The second-order valence-corrected chi connectivity index (χ2v) is 11.3. The molecule has 0 radical (unpaired) electrons. The lowest BCUT2D eigenvalue weighted by Crippen LogP contribution is -2.18. The maximum absolute atomic E-state index is 13.8. The van der Waals surface area contributed by atoms with Crippen LogP contribution in [0.25, 0.3) is 21.6 Å². The fourth-order valence-electron chi connectivity index (χ4n) is 4.43. The first kappa shape index (κ1) is 25.7. The molecule has 0 spiro atoms. The van der Waals surface area contributed by atoms with Crippen LogP contribution in [0.2, 0.25) is 0 Å². The highest BCUT2D eigenvalue weighted by molar-refractivity contribution is 14.2. The van der Waals surface area contributed by atoms with Gasteiger partial charge in [0.25, 0.3) is 5.91 Å². The maximum atomic E-state index is 13.8. The van der Waals surface area contributed by atoms with Gasteiger partial charge in [-0.15, -0.1) is 11.3 Å². The third-order valence-corrected chi connectivity index (χ3v) is 9.25. The van der Waals surface area contributed by atoms with E-state index < -0.39 is 5.97 Å². The Bertz CT molecular complexity index is 1500. The fourth-order valence-corrected chi connectivity index (χ4v) is 7.02. The third kappa shape index (κ3) is 5.11. The second-order valence-electron chi connectivity index (χ2n) is 8.62. The van der Waals surface area contributed by atoms with E-state index in [2.05, 4.69) is 47.3 Å². The van der Waals surface area contributed by atoms with Gasteiger partial charge in [0.05, 0.1) is 5.69 Å². The molecule has 1 amide bonds. The number of rotatable bonds is 6. The third-order valence-electron chi connectivity index (χ3n) is 6.28. The van der Waals surface area contributed by atoms with Gasteiger partial charge in [-0.2, -0.15) is 0 Å². The van der Waals surface area contributed by atoms with Gasteiger partial charge in [-0.25, -0.2) is 9.78 Å². The minimum absolute atomic E-state index is 0.0830. The molecule has 1 aliphatic rings. The molecule has 4 N–H and O–H groups in total. The van der Waals surface area contributed by atoms with Crippen LogP contribution in [0.1, 0.15) is 37.7 Å². The van der Waals surface area contributed by atoms with Gasteiger partial charge in [-0.05, 0) is 71.8 Å². The van der Waals surface area contributed by atoms with Crippen molar-refractivity contribution in [1.82, 2.24) is 4.98 Å². The highest BCUT2D eigenvalue weighted by atomic mass is 127. The zero-order chi connectivity index (χ0) is 26.1. The molecule has 5 rings (SSSR count). The Labute approximate surface area is 234 Å². The van der Waals surface area contributed by atoms with Gasteiger partial charge in [-0.3, -0.25) is 4.79 Å². The molecule has 37 heavy (non-hydrogen) atoms. The normalized spacial score (nSPS) is 12.5. The number of aromatic nitrogens is 1. The number of carbonyl (C=O) groups is 2. The summed E-state index contributed by atoms with van der Waals surface area (Å²) in [5.74, 6) is -1.47. The van der Waals surface area contributed by atoms with E-state index in [4.69, 9.17) is 5.73 Å². The summed E-state index contributed by atoms with van der Waals surface area (Å²) in [7, 11) is 1.58. The van der Waals surface area contributed by atoms with Crippen molar-refractivity contribution in [2.75, 3.05) is 16.2 Å². The smallest absolute Gasteiger partial charge is 0.355 e. The molecule has 2 aromatic carbocycles. The fraction of sp³-hybridized carbons (Fsp3) is 0.148. The van der Waals surface area contributed by atoms with Gasteiger partial charge < -0.3 is 20.5 Å². The molecule has 0 unspecified atom stereocenters. The van der Waals surface area contributed by atoms with Crippen molar-refractivity contribution in [2.45, 2.75) is 19.9 Å². The van der Waals surface area contributed by atoms with Crippen molar-refractivity contribution < 1.29 is 14.7 Å². The molecular formula is C27H23IN4O3S2. The number of anilines is 2. The Kier molecular flexibility index (Phi) is 7.52. The maximum Gasteiger partial charge on any atom is 0.355 e. The number of thiophene rings is 1. The number of halogens is 1. The summed E-state index contributed by atoms with van der Waals surface area (Å²) in [5, 5.41) is 15.0. The molecule has 10 heteroatoms. The largest absolute Gasteiger partial charge is 0.476 e. The first-order chi connectivity index (χ1) is 17.9. The van der Waals surface area contributed by atoms with Crippen LogP contribution in [0, 0.1) is 6.92 Å². The molecule has 3 heterocycles. The molecule has 0 fully saturated rings. The Morgan fingerprint density at radius 2 is 1.92 bits per heavy atom. The highest BCUT2D eigenvalue weighted by Gasteiger charge is 2.27. The molecular weight excluding hydrogens is 619 g/mol. The summed E-state index contributed by atoms with van der Waals surface area (Å²) in [6, 6.07) is 16.8. The SMILES string of the molecule is Cc1ccc(-c2cc3c(cc2C(=O)Nc2ccc(CN)cc2)-c2sccc2CCN3SI)c(C(=O)O)n1. The molecule has 0 bridgehead atoms. The molecule has 2 aromatic heterocycles. The Morgan fingerprint density at radius 1 is 1.14 bits per heavy atom. The van der Waals surface area contributed by atoms with Crippen LogP contribution >= 0.6 is 41.7 Å². The Hall–Kier alpha value is -2.93. The molecule has 188 valence electrons. The standard InChI is InChI=1S/C27H23IN4O3S2/c1-15-2-7-19(24(30-15)27(34)35)20-13-23-22(25-17(9-11-36-25)8-10-32(23)37-28)12-21(20)26(33)31-18-5-3-16(14-29)4-6-18/h2-7,9,11-13H,8,10,14,29H2,1H3,(H,31,33)(H,34,35). The Morgan fingerprint density at radius 3 is 2.62 bits per heavy atom. The zero-order valence-corrected chi connectivity index (χ0v) is 23.6. The van der Waals surface area contributed by atoms with Crippen molar-refractivity contribution in [3.8, 4) is 21.6 Å². The van der Waals surface area contributed by atoms with E-state index in [1.54, 1.807) is 39.5 Å². The first-order valence-corrected chi connectivity index (χ1v) is 15.7. The van der Waals surface area contributed by atoms with Crippen LogP contribution in [0.5, 0.6) is 0 Å². The summed E-state index contributed by atoms with van der Waals surface area (Å²) in [6.45, 7) is 2.95. The van der Waals surface area contributed by atoms with Gasteiger partial charge in [0.1, 0.15) is 0 Å². The predicted molar refractivity (Wildman–Crippen MR) is 160 cm³/mol. The molecule has 0 saturated heterocycles. The summed E-state index contributed by atoms with van der Waals surface area (Å²) in [4.78, 5) is 31.4. The van der Waals surface area contributed by atoms with Gasteiger partial charge in [0.2, 0.25) is 0 Å². The van der Waals surface area contributed by atoms with E-state index in [1.807, 2.05) is 36.4 Å². The van der Waals surface area contributed by atoms with Crippen molar-refractivity contribution in [3.05, 3.63) is 88.1 Å². The number of carboxylic acid groups (broad SMARTS) is 1. The van der Waals surface area contributed by atoms with Crippen molar-refractivity contribution in [3.63, 3.8) is 0 Å². The number of carboxylic acids is 1. The van der Waals surface area contributed by atoms with Crippen molar-refractivity contribution in [2.24, 2.45) is 5.73 Å². The number of nitrogens with two attached hydrogens (primary N) is 1. The lowest BCUT2D eigenvalue weighted by atomic mass is 9.93. The Balaban J connectivity index is 1.72. The van der Waals surface area contributed by atoms with Crippen molar-refractivity contribution in [1.29, 1.82) is 0 Å². The topological polar surface area (TPSA) is 109 Å². The van der Waals surface area contributed by atoms with E-state index in [-0.39, 0.29) is 11.6 Å². The molecule has 0 aliphatic carbocycles. The number of aryl methyl sites for hydroxylation is 1.